The lowest BCUT2D eigenvalue weighted by atomic mass is 9.93. The summed E-state index contributed by atoms with van der Waals surface area (Å²) in [6.07, 6.45) is -2.93. The number of hydrogen-bond donors (Lipinski definition) is 1. The number of benzene rings is 1. The van der Waals surface area contributed by atoms with Gasteiger partial charge in [0.1, 0.15) is 5.82 Å². The molecule has 0 aliphatic heterocycles. The molecule has 0 heterocycles. The summed E-state index contributed by atoms with van der Waals surface area (Å²) < 4.78 is 52.1. The highest BCUT2D eigenvalue weighted by molar-refractivity contribution is 5.29. The third kappa shape index (κ3) is 4.47. The molecular weight excluding hydrogens is 270 g/mol. The average Bonchev–Trinajstić information content (AvgIpc) is 2.37. The van der Waals surface area contributed by atoms with Crippen LogP contribution in [-0.4, -0.2) is 6.54 Å². The Hall–Kier alpha value is -1.10. The first-order valence-electron chi connectivity index (χ1n) is 6.89. The number of alkyl halides is 3. The molecule has 2 atom stereocenters. The van der Waals surface area contributed by atoms with Gasteiger partial charge in [-0.1, -0.05) is 27.2 Å². The van der Waals surface area contributed by atoms with Crippen molar-refractivity contribution in [2.75, 3.05) is 6.54 Å². The number of hydrogen-bond acceptors (Lipinski definition) is 1. The highest BCUT2D eigenvalue weighted by atomic mass is 19.4. The molecule has 1 aromatic rings. The van der Waals surface area contributed by atoms with Crippen LogP contribution in [0.25, 0.3) is 0 Å². The maximum absolute atomic E-state index is 13.9. The maximum Gasteiger partial charge on any atom is 0.416 e. The molecule has 5 heteroatoms. The van der Waals surface area contributed by atoms with Gasteiger partial charge in [-0.15, -0.1) is 0 Å². The van der Waals surface area contributed by atoms with Crippen molar-refractivity contribution in [2.24, 2.45) is 5.92 Å². The monoisotopic (exact) mass is 291 g/mol. The Bertz CT molecular complexity index is 428. The van der Waals surface area contributed by atoms with Crippen LogP contribution >= 0.6 is 0 Å². The summed E-state index contributed by atoms with van der Waals surface area (Å²) in [5.74, 6) is -0.278. The normalized spacial score (nSPS) is 15.2. The van der Waals surface area contributed by atoms with Crippen LogP contribution in [0, 0.1) is 11.7 Å². The summed E-state index contributed by atoms with van der Waals surface area (Å²) in [6, 6.07) is 2.21. The second-order valence-corrected chi connectivity index (χ2v) is 5.09. The van der Waals surface area contributed by atoms with Crippen molar-refractivity contribution in [3.05, 3.63) is 35.1 Å². The molecule has 0 fully saturated rings. The molecule has 2 unspecified atom stereocenters. The van der Waals surface area contributed by atoms with Crippen molar-refractivity contribution >= 4 is 0 Å². The zero-order valence-electron chi connectivity index (χ0n) is 12.0. The van der Waals surface area contributed by atoms with Crippen LogP contribution < -0.4 is 5.32 Å². The Kier molecular flexibility index (Phi) is 5.99. The topological polar surface area (TPSA) is 12.0 Å². The van der Waals surface area contributed by atoms with E-state index in [4.69, 9.17) is 0 Å². The molecule has 0 radical (unpaired) electrons. The Morgan fingerprint density at radius 1 is 1.20 bits per heavy atom. The van der Waals surface area contributed by atoms with E-state index in [0.717, 1.165) is 24.6 Å². The van der Waals surface area contributed by atoms with Crippen molar-refractivity contribution in [3.8, 4) is 0 Å². The molecule has 1 rings (SSSR count). The van der Waals surface area contributed by atoms with E-state index in [1.165, 1.54) is 0 Å². The standard InChI is InChI=1S/C15H21F4N/c1-4-10(3)8-14(20-5-2)12-9-11(15(17,18)19)6-7-13(12)16/h6-7,9-10,14,20H,4-5,8H2,1-3H3. The minimum absolute atomic E-state index is 0.0991. The lowest BCUT2D eigenvalue weighted by Crippen LogP contribution is -2.24. The second-order valence-electron chi connectivity index (χ2n) is 5.09. The number of nitrogens with one attached hydrogen (secondary N) is 1. The lowest BCUT2D eigenvalue weighted by molar-refractivity contribution is -0.137. The van der Waals surface area contributed by atoms with Crippen molar-refractivity contribution in [1.82, 2.24) is 5.32 Å². The van der Waals surface area contributed by atoms with Crippen LogP contribution in [0.5, 0.6) is 0 Å². The first-order chi connectivity index (χ1) is 9.29. The second kappa shape index (κ2) is 7.07. The van der Waals surface area contributed by atoms with Gasteiger partial charge in [0.2, 0.25) is 0 Å². The molecule has 1 N–H and O–H groups in total. The molecule has 0 bridgehead atoms. The fourth-order valence-electron chi connectivity index (χ4n) is 2.12. The Morgan fingerprint density at radius 2 is 1.85 bits per heavy atom. The van der Waals surface area contributed by atoms with Gasteiger partial charge in [-0.25, -0.2) is 4.39 Å². The molecule has 0 saturated heterocycles. The number of halogens is 4. The summed E-state index contributed by atoms with van der Waals surface area (Å²) in [6.45, 7) is 6.46. The van der Waals surface area contributed by atoms with E-state index in [1.807, 2.05) is 20.8 Å². The van der Waals surface area contributed by atoms with Crippen LogP contribution in [0.2, 0.25) is 0 Å². The van der Waals surface area contributed by atoms with E-state index in [2.05, 4.69) is 5.32 Å². The minimum atomic E-state index is -4.45. The molecule has 0 aliphatic rings. The SMILES string of the molecule is CCNC(CC(C)CC)c1cc(C(F)(F)F)ccc1F. The molecule has 0 saturated carbocycles. The predicted molar refractivity (Wildman–Crippen MR) is 71.9 cm³/mol. The first-order valence-corrected chi connectivity index (χ1v) is 6.89. The molecule has 1 nitrogen and oxygen atoms in total. The Balaban J connectivity index is 3.11. The number of rotatable bonds is 6. The van der Waals surface area contributed by atoms with Crippen molar-refractivity contribution in [1.29, 1.82) is 0 Å². The fraction of sp³-hybridized carbons (Fsp3) is 0.600. The molecule has 114 valence electrons. The molecule has 0 aromatic heterocycles. The summed E-state index contributed by atoms with van der Waals surface area (Å²) >= 11 is 0. The fourth-order valence-corrected chi connectivity index (χ4v) is 2.12. The van der Waals surface area contributed by atoms with Crippen LogP contribution in [-0.2, 0) is 6.18 Å². The van der Waals surface area contributed by atoms with Crippen molar-refractivity contribution in [3.63, 3.8) is 0 Å². The van der Waals surface area contributed by atoms with Crippen LogP contribution in [0.1, 0.15) is 50.8 Å². The molecule has 20 heavy (non-hydrogen) atoms. The van der Waals surface area contributed by atoms with Gasteiger partial charge >= 0.3 is 6.18 Å². The summed E-state index contributed by atoms with van der Waals surface area (Å²) in [5.41, 5.74) is -0.706. The van der Waals surface area contributed by atoms with Gasteiger partial charge in [0.25, 0.3) is 0 Å². The highest BCUT2D eigenvalue weighted by Gasteiger charge is 2.32. The highest BCUT2D eigenvalue weighted by Crippen LogP contribution is 2.33. The zero-order valence-corrected chi connectivity index (χ0v) is 12.0. The van der Waals surface area contributed by atoms with Gasteiger partial charge in [-0.2, -0.15) is 13.2 Å². The van der Waals surface area contributed by atoms with E-state index < -0.39 is 23.6 Å². The summed E-state index contributed by atoms with van der Waals surface area (Å²) in [5, 5.41) is 3.08. The van der Waals surface area contributed by atoms with Gasteiger partial charge in [0.15, 0.2) is 0 Å². The van der Waals surface area contributed by atoms with Gasteiger partial charge in [0, 0.05) is 11.6 Å². The quantitative estimate of drug-likeness (QED) is 0.733. The molecule has 0 spiro atoms. The van der Waals surface area contributed by atoms with E-state index >= 15 is 0 Å². The molecular formula is C15H21F4N. The minimum Gasteiger partial charge on any atom is -0.310 e. The maximum atomic E-state index is 13.9. The van der Waals surface area contributed by atoms with Gasteiger partial charge in [-0.3, -0.25) is 0 Å². The van der Waals surface area contributed by atoms with E-state index in [1.54, 1.807) is 0 Å². The predicted octanol–water partition coefficient (Wildman–Crippen LogP) is 4.93. The lowest BCUT2D eigenvalue weighted by Gasteiger charge is -2.23. The van der Waals surface area contributed by atoms with Gasteiger partial charge < -0.3 is 5.32 Å². The van der Waals surface area contributed by atoms with Gasteiger partial charge in [-0.05, 0) is 37.1 Å². The van der Waals surface area contributed by atoms with E-state index in [-0.39, 0.29) is 5.56 Å². The summed E-state index contributed by atoms with van der Waals surface area (Å²) in [7, 11) is 0. The van der Waals surface area contributed by atoms with E-state index in [0.29, 0.717) is 18.9 Å². The van der Waals surface area contributed by atoms with Crippen molar-refractivity contribution < 1.29 is 17.6 Å². The van der Waals surface area contributed by atoms with Crippen molar-refractivity contribution in [2.45, 2.75) is 45.8 Å². The smallest absolute Gasteiger partial charge is 0.310 e. The van der Waals surface area contributed by atoms with Crippen LogP contribution in [0.3, 0.4) is 0 Å². The van der Waals surface area contributed by atoms with Crippen LogP contribution in [0.15, 0.2) is 18.2 Å². The van der Waals surface area contributed by atoms with Gasteiger partial charge in [0.05, 0.1) is 5.56 Å². The third-order valence-electron chi connectivity index (χ3n) is 3.48. The first kappa shape index (κ1) is 17.0. The molecule has 0 aliphatic carbocycles. The van der Waals surface area contributed by atoms with Crippen LogP contribution in [0.4, 0.5) is 17.6 Å². The Morgan fingerprint density at radius 3 is 2.35 bits per heavy atom. The molecule has 0 amide bonds. The zero-order chi connectivity index (χ0) is 15.3. The van der Waals surface area contributed by atoms with E-state index in [9.17, 15) is 17.6 Å². The molecule has 1 aromatic carbocycles. The average molecular weight is 291 g/mol. The third-order valence-corrected chi connectivity index (χ3v) is 3.48. The Labute approximate surface area is 117 Å². The largest absolute Gasteiger partial charge is 0.416 e. The summed E-state index contributed by atoms with van der Waals surface area (Å²) in [4.78, 5) is 0.